The van der Waals surface area contributed by atoms with Gasteiger partial charge in [-0.2, -0.15) is 0 Å². The van der Waals surface area contributed by atoms with Crippen molar-refractivity contribution < 1.29 is 19.4 Å². The van der Waals surface area contributed by atoms with Crippen molar-refractivity contribution in [3.63, 3.8) is 0 Å². The smallest absolute Gasteiger partial charge is 0.373 e. The molecular weight excluding hydrogens is 304 g/mol. The maximum absolute atomic E-state index is 12.2. The van der Waals surface area contributed by atoms with E-state index in [1.54, 1.807) is 24.3 Å². The highest BCUT2D eigenvalue weighted by molar-refractivity contribution is 5.91. The summed E-state index contributed by atoms with van der Waals surface area (Å²) in [6.07, 6.45) is 2.93. The molecule has 0 heterocycles. The average molecular weight is 326 g/mol. The third-order valence-electron chi connectivity index (χ3n) is 3.35. The molecule has 4 nitrogen and oxygen atoms in total. The number of benzene rings is 2. The van der Waals surface area contributed by atoms with Crippen molar-refractivity contribution in [3.8, 4) is 5.75 Å². The second-order valence-electron chi connectivity index (χ2n) is 5.29. The third-order valence-corrected chi connectivity index (χ3v) is 3.35. The van der Waals surface area contributed by atoms with E-state index in [0.717, 1.165) is 12.0 Å². The molecule has 126 valence electrons. The fraction of sp³-hybridized carbons (Fsp3) is 0.250. The Morgan fingerprint density at radius 2 is 1.71 bits per heavy atom. The highest BCUT2D eigenvalue weighted by atomic mass is 16.6. The molecule has 0 aromatic heterocycles. The number of hydrogen-bond donors (Lipinski definition) is 1. The maximum Gasteiger partial charge on any atom is 0.373 e. The van der Waals surface area contributed by atoms with Gasteiger partial charge >= 0.3 is 5.97 Å². The number of ether oxygens (including phenoxy) is 2. The summed E-state index contributed by atoms with van der Waals surface area (Å²) < 4.78 is 10.8. The second kappa shape index (κ2) is 9.40. The Hall–Kier alpha value is -2.75. The fourth-order valence-electron chi connectivity index (χ4n) is 2.10. The lowest BCUT2D eigenvalue weighted by Crippen LogP contribution is -2.12. The lowest BCUT2D eigenvalue weighted by atomic mass is 10.1. The predicted octanol–water partition coefficient (Wildman–Crippen LogP) is 3.95. The minimum Gasteiger partial charge on any atom is -0.507 e. The van der Waals surface area contributed by atoms with E-state index in [9.17, 15) is 9.90 Å². The summed E-state index contributed by atoms with van der Waals surface area (Å²) in [5.74, 6) is -0.334. The van der Waals surface area contributed by atoms with Crippen LogP contribution in [0.5, 0.6) is 5.75 Å². The lowest BCUT2D eigenvalue weighted by Gasteiger charge is -2.11. The van der Waals surface area contributed by atoms with E-state index in [1.807, 2.05) is 37.3 Å². The standard InChI is InChI=1S/C20H22O4/c1-2-13-24-20(22)19(15-17-10-6-7-11-18(17)21)23-14-12-16-8-4-3-5-9-16/h3-11,15,21H,2,12-14H2,1H3. The average Bonchev–Trinajstić information content (AvgIpc) is 2.61. The second-order valence-corrected chi connectivity index (χ2v) is 5.29. The predicted molar refractivity (Wildman–Crippen MR) is 93.4 cm³/mol. The number of rotatable bonds is 8. The zero-order valence-electron chi connectivity index (χ0n) is 13.8. The van der Waals surface area contributed by atoms with E-state index in [0.29, 0.717) is 25.2 Å². The zero-order valence-corrected chi connectivity index (χ0v) is 13.8. The number of carbonyl (C=O) groups is 1. The first-order chi connectivity index (χ1) is 11.7. The van der Waals surface area contributed by atoms with E-state index in [-0.39, 0.29) is 11.5 Å². The number of carbonyl (C=O) groups excluding carboxylic acids is 1. The number of hydrogen-bond acceptors (Lipinski definition) is 4. The number of aromatic hydroxyl groups is 1. The first-order valence-electron chi connectivity index (χ1n) is 8.04. The molecule has 0 radical (unpaired) electrons. The number of phenols is 1. The summed E-state index contributed by atoms with van der Waals surface area (Å²) in [7, 11) is 0. The molecule has 0 aliphatic carbocycles. The van der Waals surface area contributed by atoms with E-state index in [1.165, 1.54) is 6.08 Å². The minimum atomic E-state index is -0.520. The van der Waals surface area contributed by atoms with Crippen molar-refractivity contribution in [1.82, 2.24) is 0 Å². The summed E-state index contributed by atoms with van der Waals surface area (Å²) in [5, 5.41) is 9.87. The van der Waals surface area contributed by atoms with Gasteiger partial charge in [0.15, 0.2) is 0 Å². The highest BCUT2D eigenvalue weighted by Crippen LogP contribution is 2.20. The molecule has 0 aliphatic rings. The molecule has 4 heteroatoms. The van der Waals surface area contributed by atoms with Crippen LogP contribution >= 0.6 is 0 Å². The first-order valence-corrected chi connectivity index (χ1v) is 8.04. The van der Waals surface area contributed by atoms with E-state index < -0.39 is 5.97 Å². The molecule has 0 saturated heterocycles. The molecule has 0 saturated carbocycles. The van der Waals surface area contributed by atoms with Crippen LogP contribution in [0.15, 0.2) is 60.4 Å². The van der Waals surface area contributed by atoms with Gasteiger partial charge in [-0.25, -0.2) is 4.79 Å². The Morgan fingerprint density at radius 3 is 2.42 bits per heavy atom. The van der Waals surface area contributed by atoms with Crippen LogP contribution in [0.3, 0.4) is 0 Å². The molecule has 24 heavy (non-hydrogen) atoms. The van der Waals surface area contributed by atoms with Gasteiger partial charge in [0.1, 0.15) is 5.75 Å². The molecule has 0 atom stereocenters. The van der Waals surface area contributed by atoms with Crippen LogP contribution in [0.2, 0.25) is 0 Å². The van der Waals surface area contributed by atoms with Gasteiger partial charge in [0, 0.05) is 12.0 Å². The van der Waals surface area contributed by atoms with Gasteiger partial charge in [0.25, 0.3) is 0 Å². The Morgan fingerprint density at radius 1 is 1.00 bits per heavy atom. The molecule has 2 aromatic rings. The number of phenolic OH excluding ortho intramolecular Hbond substituents is 1. The highest BCUT2D eigenvalue weighted by Gasteiger charge is 2.14. The van der Waals surface area contributed by atoms with Gasteiger partial charge < -0.3 is 14.6 Å². The third kappa shape index (κ3) is 5.47. The van der Waals surface area contributed by atoms with Crippen molar-refractivity contribution in [3.05, 3.63) is 71.5 Å². The van der Waals surface area contributed by atoms with Gasteiger partial charge in [-0.15, -0.1) is 0 Å². The van der Waals surface area contributed by atoms with Gasteiger partial charge in [-0.1, -0.05) is 55.5 Å². The van der Waals surface area contributed by atoms with Crippen LogP contribution in [0.1, 0.15) is 24.5 Å². The first kappa shape index (κ1) is 17.6. The van der Waals surface area contributed by atoms with Crippen molar-refractivity contribution in [2.75, 3.05) is 13.2 Å². The summed E-state index contributed by atoms with van der Waals surface area (Å²) in [6.45, 7) is 2.61. The van der Waals surface area contributed by atoms with Gasteiger partial charge in [-0.05, 0) is 24.1 Å². The molecule has 2 rings (SSSR count). The van der Waals surface area contributed by atoms with Crippen LogP contribution in [0, 0.1) is 0 Å². The molecule has 0 bridgehead atoms. The molecule has 0 spiro atoms. The monoisotopic (exact) mass is 326 g/mol. The van der Waals surface area contributed by atoms with Crippen molar-refractivity contribution >= 4 is 12.0 Å². The quantitative estimate of drug-likeness (QED) is 0.453. The SMILES string of the molecule is CCCOC(=O)C(=Cc1ccccc1O)OCCc1ccccc1. The van der Waals surface area contributed by atoms with Crippen LogP contribution in [0.4, 0.5) is 0 Å². The molecule has 0 amide bonds. The van der Waals surface area contributed by atoms with Crippen LogP contribution in [-0.2, 0) is 20.7 Å². The van der Waals surface area contributed by atoms with E-state index in [4.69, 9.17) is 9.47 Å². The fourth-order valence-corrected chi connectivity index (χ4v) is 2.10. The Labute approximate surface area is 142 Å². The van der Waals surface area contributed by atoms with Crippen molar-refractivity contribution in [2.45, 2.75) is 19.8 Å². The zero-order chi connectivity index (χ0) is 17.2. The largest absolute Gasteiger partial charge is 0.507 e. The molecule has 0 aliphatic heterocycles. The number of esters is 1. The van der Waals surface area contributed by atoms with Crippen molar-refractivity contribution in [1.29, 1.82) is 0 Å². The van der Waals surface area contributed by atoms with Crippen LogP contribution in [0.25, 0.3) is 6.08 Å². The molecule has 0 fully saturated rings. The normalized spacial score (nSPS) is 11.1. The Bertz CT molecular complexity index is 677. The van der Waals surface area contributed by atoms with Crippen molar-refractivity contribution in [2.24, 2.45) is 0 Å². The topological polar surface area (TPSA) is 55.8 Å². The molecule has 1 N–H and O–H groups in total. The lowest BCUT2D eigenvalue weighted by molar-refractivity contribution is -0.142. The van der Waals surface area contributed by atoms with E-state index in [2.05, 4.69) is 0 Å². The van der Waals surface area contributed by atoms with Crippen LogP contribution in [-0.4, -0.2) is 24.3 Å². The summed E-state index contributed by atoms with van der Waals surface area (Å²) >= 11 is 0. The Kier molecular flexibility index (Phi) is 6.90. The summed E-state index contributed by atoms with van der Waals surface area (Å²) in [6, 6.07) is 16.7. The van der Waals surface area contributed by atoms with Gasteiger partial charge in [-0.3, -0.25) is 0 Å². The minimum absolute atomic E-state index is 0.0879. The van der Waals surface area contributed by atoms with Crippen LogP contribution < -0.4 is 0 Å². The maximum atomic E-state index is 12.2. The molecule has 2 aromatic carbocycles. The molecule has 0 unspecified atom stereocenters. The van der Waals surface area contributed by atoms with Gasteiger partial charge in [0.05, 0.1) is 13.2 Å². The van der Waals surface area contributed by atoms with E-state index >= 15 is 0 Å². The Balaban J connectivity index is 2.08. The molecular formula is C20H22O4. The van der Waals surface area contributed by atoms with Gasteiger partial charge in [0.2, 0.25) is 5.76 Å². The summed E-state index contributed by atoms with van der Waals surface area (Å²) in [4.78, 5) is 12.2. The number of para-hydroxylation sites is 1. The summed E-state index contributed by atoms with van der Waals surface area (Å²) in [5.41, 5.74) is 1.64.